The molecule has 0 saturated carbocycles. The van der Waals surface area contributed by atoms with Crippen molar-refractivity contribution in [3.63, 3.8) is 0 Å². The van der Waals surface area contributed by atoms with Gasteiger partial charge in [-0.05, 0) is 25.9 Å². The molecule has 1 fully saturated rings. The molecule has 6 heteroatoms. The zero-order chi connectivity index (χ0) is 15.4. The molecule has 3 rings (SSSR count). The van der Waals surface area contributed by atoms with Gasteiger partial charge in [0.2, 0.25) is 11.7 Å². The molecule has 0 radical (unpaired) electrons. The number of methoxy groups -OCH3 is 1. The van der Waals surface area contributed by atoms with Crippen LogP contribution in [0, 0.1) is 5.92 Å². The van der Waals surface area contributed by atoms with Crippen molar-refractivity contribution in [1.82, 2.24) is 15.0 Å². The highest BCUT2D eigenvalue weighted by Crippen LogP contribution is 2.21. The van der Waals surface area contributed by atoms with Crippen LogP contribution in [0.25, 0.3) is 11.4 Å². The van der Waals surface area contributed by atoms with Crippen LogP contribution in [0.5, 0.6) is 0 Å². The summed E-state index contributed by atoms with van der Waals surface area (Å²) in [5, 5.41) is 4.02. The number of carbonyl (C=O) groups excluding carboxylic acids is 1. The Morgan fingerprint density at radius 3 is 2.73 bits per heavy atom. The highest BCUT2D eigenvalue weighted by molar-refractivity contribution is 5.72. The maximum Gasteiger partial charge on any atom is 0.308 e. The van der Waals surface area contributed by atoms with Gasteiger partial charge in [0.15, 0.2) is 0 Å². The minimum Gasteiger partial charge on any atom is -0.469 e. The van der Waals surface area contributed by atoms with Crippen molar-refractivity contribution in [2.24, 2.45) is 5.92 Å². The molecule has 0 unspecified atom stereocenters. The lowest BCUT2D eigenvalue weighted by Crippen LogP contribution is -2.36. The van der Waals surface area contributed by atoms with Crippen molar-refractivity contribution in [1.29, 1.82) is 0 Å². The maximum atomic E-state index is 11.5. The normalized spacial score (nSPS) is 16.6. The monoisotopic (exact) mass is 301 g/mol. The molecule has 1 aromatic heterocycles. The van der Waals surface area contributed by atoms with E-state index in [1.165, 1.54) is 7.11 Å². The van der Waals surface area contributed by atoms with Crippen LogP contribution in [0.15, 0.2) is 34.9 Å². The minimum atomic E-state index is -0.108. The summed E-state index contributed by atoms with van der Waals surface area (Å²) in [6.07, 6.45) is 1.62. The summed E-state index contributed by atoms with van der Waals surface area (Å²) in [7, 11) is 1.44. The third-order valence-electron chi connectivity index (χ3n) is 3.98. The number of ether oxygens (including phenoxy) is 1. The summed E-state index contributed by atoms with van der Waals surface area (Å²) in [4.78, 5) is 18.2. The van der Waals surface area contributed by atoms with Gasteiger partial charge in [-0.1, -0.05) is 35.5 Å². The Hall–Kier alpha value is -2.21. The second-order valence-corrected chi connectivity index (χ2v) is 5.45. The number of benzene rings is 1. The van der Waals surface area contributed by atoms with E-state index in [2.05, 4.69) is 15.0 Å². The molecule has 0 N–H and O–H groups in total. The molecular formula is C16H19N3O3. The number of likely N-dealkylation sites (tertiary alicyclic amines) is 1. The number of nitrogens with zero attached hydrogens (tertiary/aromatic N) is 3. The summed E-state index contributed by atoms with van der Waals surface area (Å²) in [5.41, 5.74) is 0.946. The molecule has 2 heterocycles. The lowest BCUT2D eigenvalue weighted by Gasteiger charge is -2.29. The van der Waals surface area contributed by atoms with Gasteiger partial charge in [-0.2, -0.15) is 4.98 Å². The quantitative estimate of drug-likeness (QED) is 0.806. The molecular weight excluding hydrogens is 282 g/mol. The van der Waals surface area contributed by atoms with Gasteiger partial charge in [0.25, 0.3) is 0 Å². The van der Waals surface area contributed by atoms with Gasteiger partial charge in [0.1, 0.15) is 0 Å². The first kappa shape index (κ1) is 14.7. The number of esters is 1. The van der Waals surface area contributed by atoms with Gasteiger partial charge in [-0.15, -0.1) is 0 Å². The van der Waals surface area contributed by atoms with Crippen molar-refractivity contribution in [2.75, 3.05) is 20.2 Å². The Labute approximate surface area is 129 Å². The zero-order valence-electron chi connectivity index (χ0n) is 12.6. The fourth-order valence-corrected chi connectivity index (χ4v) is 2.71. The Balaban J connectivity index is 1.57. The highest BCUT2D eigenvalue weighted by atomic mass is 16.5. The average molecular weight is 301 g/mol. The van der Waals surface area contributed by atoms with Crippen LogP contribution >= 0.6 is 0 Å². The lowest BCUT2D eigenvalue weighted by molar-refractivity contribution is -0.147. The van der Waals surface area contributed by atoms with E-state index in [1.807, 2.05) is 30.3 Å². The molecule has 1 aliphatic rings. The van der Waals surface area contributed by atoms with E-state index in [4.69, 9.17) is 9.26 Å². The van der Waals surface area contributed by atoms with E-state index >= 15 is 0 Å². The van der Waals surface area contributed by atoms with Gasteiger partial charge in [0.05, 0.1) is 19.6 Å². The summed E-state index contributed by atoms with van der Waals surface area (Å²) in [5.74, 6) is 1.13. The van der Waals surface area contributed by atoms with Crippen LogP contribution < -0.4 is 0 Å². The second-order valence-electron chi connectivity index (χ2n) is 5.45. The van der Waals surface area contributed by atoms with E-state index in [0.29, 0.717) is 18.3 Å². The van der Waals surface area contributed by atoms with E-state index < -0.39 is 0 Å². The van der Waals surface area contributed by atoms with Crippen LogP contribution in [-0.2, 0) is 16.1 Å². The number of carbonyl (C=O) groups is 1. The molecule has 6 nitrogen and oxygen atoms in total. The standard InChI is InChI=1S/C16H19N3O3/c1-21-16(20)13-7-9-19(10-8-13)11-14-17-15(18-22-14)12-5-3-2-4-6-12/h2-6,13H,7-11H2,1H3. The molecule has 0 atom stereocenters. The second kappa shape index (κ2) is 6.70. The third-order valence-corrected chi connectivity index (χ3v) is 3.98. The Morgan fingerprint density at radius 2 is 2.05 bits per heavy atom. The van der Waals surface area contributed by atoms with Crippen LogP contribution in [0.3, 0.4) is 0 Å². The van der Waals surface area contributed by atoms with Crippen LogP contribution in [0.2, 0.25) is 0 Å². The summed E-state index contributed by atoms with van der Waals surface area (Å²) in [6, 6.07) is 9.76. The number of aromatic nitrogens is 2. The van der Waals surface area contributed by atoms with Crippen LogP contribution in [0.1, 0.15) is 18.7 Å². The first-order chi connectivity index (χ1) is 10.8. The fourth-order valence-electron chi connectivity index (χ4n) is 2.71. The molecule has 0 bridgehead atoms. The largest absolute Gasteiger partial charge is 0.469 e. The molecule has 22 heavy (non-hydrogen) atoms. The van der Waals surface area contributed by atoms with Gasteiger partial charge in [-0.25, -0.2) is 0 Å². The Bertz CT molecular complexity index is 619. The van der Waals surface area contributed by atoms with Crippen LogP contribution in [0.4, 0.5) is 0 Å². The van der Waals surface area contributed by atoms with Crippen LogP contribution in [-0.4, -0.2) is 41.2 Å². The maximum absolute atomic E-state index is 11.5. The molecule has 0 spiro atoms. The number of piperidine rings is 1. The SMILES string of the molecule is COC(=O)C1CCN(Cc2nc(-c3ccccc3)no2)CC1. The van der Waals surface area contributed by atoms with Crippen molar-refractivity contribution < 1.29 is 14.1 Å². The minimum absolute atomic E-state index is 0.0174. The fraction of sp³-hybridized carbons (Fsp3) is 0.438. The summed E-state index contributed by atoms with van der Waals surface area (Å²) >= 11 is 0. The predicted molar refractivity (Wildman–Crippen MR) is 79.8 cm³/mol. The molecule has 1 aliphatic heterocycles. The lowest BCUT2D eigenvalue weighted by atomic mass is 9.97. The van der Waals surface area contributed by atoms with E-state index in [1.54, 1.807) is 0 Å². The number of rotatable bonds is 4. The first-order valence-corrected chi connectivity index (χ1v) is 7.44. The van der Waals surface area contributed by atoms with Crippen molar-refractivity contribution >= 4 is 5.97 Å². The Kier molecular flexibility index (Phi) is 4.48. The summed E-state index contributed by atoms with van der Waals surface area (Å²) < 4.78 is 10.1. The third kappa shape index (κ3) is 3.33. The van der Waals surface area contributed by atoms with Gasteiger partial charge in [-0.3, -0.25) is 9.69 Å². The van der Waals surface area contributed by atoms with Crippen molar-refractivity contribution in [3.8, 4) is 11.4 Å². The predicted octanol–water partition coefficient (Wildman–Crippen LogP) is 2.12. The molecule has 116 valence electrons. The molecule has 2 aromatic rings. The number of hydrogen-bond donors (Lipinski definition) is 0. The van der Waals surface area contributed by atoms with E-state index in [9.17, 15) is 4.79 Å². The zero-order valence-corrected chi connectivity index (χ0v) is 12.6. The van der Waals surface area contributed by atoms with Gasteiger partial charge in [0, 0.05) is 5.56 Å². The highest BCUT2D eigenvalue weighted by Gasteiger charge is 2.26. The van der Waals surface area contributed by atoms with E-state index in [0.717, 1.165) is 31.5 Å². The van der Waals surface area contributed by atoms with E-state index in [-0.39, 0.29) is 11.9 Å². The first-order valence-electron chi connectivity index (χ1n) is 7.44. The van der Waals surface area contributed by atoms with Crippen molar-refractivity contribution in [2.45, 2.75) is 19.4 Å². The molecule has 0 amide bonds. The number of hydrogen-bond acceptors (Lipinski definition) is 6. The Morgan fingerprint density at radius 1 is 1.32 bits per heavy atom. The van der Waals surface area contributed by atoms with Gasteiger partial charge < -0.3 is 9.26 Å². The molecule has 1 saturated heterocycles. The van der Waals surface area contributed by atoms with Gasteiger partial charge >= 0.3 is 5.97 Å². The molecule has 1 aromatic carbocycles. The smallest absolute Gasteiger partial charge is 0.308 e. The summed E-state index contributed by atoms with van der Waals surface area (Å²) in [6.45, 7) is 2.29. The molecule has 0 aliphatic carbocycles. The topological polar surface area (TPSA) is 68.5 Å². The average Bonchev–Trinajstić information content (AvgIpc) is 3.04. The van der Waals surface area contributed by atoms with Crippen molar-refractivity contribution in [3.05, 3.63) is 36.2 Å².